The molecule has 0 heterocycles. The molecule has 0 saturated heterocycles. The molecule has 0 bridgehead atoms. The van der Waals surface area contributed by atoms with Gasteiger partial charge in [-0.3, -0.25) is 0 Å². The lowest BCUT2D eigenvalue weighted by Crippen LogP contribution is -2.48. The topological polar surface area (TPSA) is 21.7 Å². The molecule has 0 rings (SSSR count). The van der Waals surface area contributed by atoms with Crippen molar-refractivity contribution in [2.24, 2.45) is 0 Å². The van der Waals surface area contributed by atoms with Crippen molar-refractivity contribution >= 4 is 17.4 Å². The van der Waals surface area contributed by atoms with Crippen LogP contribution in [-0.2, 0) is 8.85 Å². The normalized spacial score (nSPS) is 17.8. The van der Waals surface area contributed by atoms with E-state index < -0.39 is 17.4 Å². The molecule has 2 unspecified atom stereocenters. The summed E-state index contributed by atoms with van der Waals surface area (Å²) in [4.78, 5) is 2.39. The van der Waals surface area contributed by atoms with Crippen LogP contribution in [0.25, 0.3) is 0 Å². The predicted molar refractivity (Wildman–Crippen MR) is 89.9 cm³/mol. The highest BCUT2D eigenvalue weighted by molar-refractivity contribution is 6.67. The molecule has 0 aliphatic heterocycles. The van der Waals surface area contributed by atoms with Crippen LogP contribution in [0.2, 0.25) is 25.7 Å². The molecule has 0 aromatic rings. The summed E-state index contributed by atoms with van der Waals surface area (Å²) in [5.41, 5.74) is 0.614. The van der Waals surface area contributed by atoms with Gasteiger partial charge in [-0.05, 0) is 48.2 Å². The van der Waals surface area contributed by atoms with Crippen molar-refractivity contribution in [3.8, 4) is 0 Å². The zero-order chi connectivity index (χ0) is 15.3. The fourth-order valence-corrected chi connectivity index (χ4v) is 6.13. The summed E-state index contributed by atoms with van der Waals surface area (Å²) < 4.78 is 12.4. The van der Waals surface area contributed by atoms with Crippen LogP contribution in [0.1, 0.15) is 34.6 Å². The van der Waals surface area contributed by atoms with E-state index in [-0.39, 0.29) is 5.54 Å². The molecule has 19 heavy (non-hydrogen) atoms. The van der Waals surface area contributed by atoms with Gasteiger partial charge >= 0.3 is 8.56 Å². The Morgan fingerprint density at radius 3 is 2.16 bits per heavy atom. The molecule has 0 aliphatic rings. The van der Waals surface area contributed by atoms with Crippen molar-refractivity contribution in [2.75, 3.05) is 20.2 Å². The van der Waals surface area contributed by atoms with Crippen molar-refractivity contribution in [1.29, 1.82) is 0 Å². The molecule has 0 amide bonds. The van der Waals surface area contributed by atoms with E-state index in [0.29, 0.717) is 5.73 Å². The zero-order valence-electron chi connectivity index (χ0n) is 14.5. The van der Waals surface area contributed by atoms with Crippen molar-refractivity contribution in [1.82, 2.24) is 4.90 Å². The van der Waals surface area contributed by atoms with E-state index in [1.165, 1.54) is 0 Å². The van der Waals surface area contributed by atoms with Gasteiger partial charge in [0, 0.05) is 30.5 Å². The lowest BCUT2D eigenvalue weighted by atomic mass is 10.1. The Bertz CT molecular complexity index is 256. The van der Waals surface area contributed by atoms with Gasteiger partial charge in [0.15, 0.2) is 0 Å². The van der Waals surface area contributed by atoms with Gasteiger partial charge in [-0.25, -0.2) is 0 Å². The summed E-state index contributed by atoms with van der Waals surface area (Å²) in [6.45, 7) is 19.7. The molecule has 3 nitrogen and oxygen atoms in total. The van der Waals surface area contributed by atoms with Gasteiger partial charge in [-0.1, -0.05) is 13.1 Å². The SMILES string of the molecule is CCO[Si](C)(CCN(C)C(C)(C)C)OC(C)[SiH](C)C. The molecule has 2 atom stereocenters. The van der Waals surface area contributed by atoms with Crippen LogP contribution in [0.3, 0.4) is 0 Å². The van der Waals surface area contributed by atoms with Gasteiger partial charge in [-0.15, -0.1) is 0 Å². The largest absolute Gasteiger partial charge is 0.395 e. The van der Waals surface area contributed by atoms with E-state index >= 15 is 0 Å². The molecule has 0 aliphatic carbocycles. The van der Waals surface area contributed by atoms with Crippen molar-refractivity contribution < 1.29 is 8.85 Å². The molecular weight excluding hydrogens is 270 g/mol. The van der Waals surface area contributed by atoms with Crippen molar-refractivity contribution in [2.45, 2.75) is 71.6 Å². The van der Waals surface area contributed by atoms with Crippen LogP contribution < -0.4 is 0 Å². The molecule has 0 aromatic carbocycles. The van der Waals surface area contributed by atoms with Crippen LogP contribution in [-0.4, -0.2) is 53.7 Å². The standard InChI is InChI=1S/C14H35NO2Si2/c1-10-16-19(9,17-13(2)18(7)8)12-11-15(6)14(3,4)5/h13,18H,10-12H2,1-9H3. The van der Waals surface area contributed by atoms with E-state index in [4.69, 9.17) is 8.85 Å². The third kappa shape index (κ3) is 7.61. The Kier molecular flexibility index (Phi) is 8.06. The highest BCUT2D eigenvalue weighted by atomic mass is 28.4. The average Bonchev–Trinajstić information content (AvgIpc) is 2.24. The van der Waals surface area contributed by atoms with Gasteiger partial charge in [-0.2, -0.15) is 0 Å². The monoisotopic (exact) mass is 305 g/mol. The molecule has 5 heteroatoms. The third-order valence-corrected chi connectivity index (χ3v) is 9.06. The lowest BCUT2D eigenvalue weighted by Gasteiger charge is -2.36. The first kappa shape index (κ1) is 19.3. The quantitative estimate of drug-likeness (QED) is 0.643. The van der Waals surface area contributed by atoms with E-state index in [9.17, 15) is 0 Å². The molecule has 0 spiro atoms. The summed E-state index contributed by atoms with van der Waals surface area (Å²) in [7, 11) is -0.596. The van der Waals surface area contributed by atoms with Crippen LogP contribution in [0, 0.1) is 0 Å². The minimum atomic E-state index is -2.02. The van der Waals surface area contributed by atoms with E-state index in [1.54, 1.807) is 0 Å². The van der Waals surface area contributed by atoms with E-state index in [2.05, 4.69) is 66.2 Å². The van der Waals surface area contributed by atoms with E-state index in [0.717, 1.165) is 19.2 Å². The van der Waals surface area contributed by atoms with Crippen LogP contribution in [0.5, 0.6) is 0 Å². The molecule has 0 saturated carbocycles. The smallest absolute Gasteiger partial charge is 0.336 e. The zero-order valence-corrected chi connectivity index (χ0v) is 16.7. The van der Waals surface area contributed by atoms with Crippen LogP contribution in [0.4, 0.5) is 0 Å². The molecule has 0 radical (unpaired) electrons. The Morgan fingerprint density at radius 1 is 1.26 bits per heavy atom. The maximum absolute atomic E-state index is 6.35. The summed E-state index contributed by atoms with van der Waals surface area (Å²) in [6.07, 6.45) is 0. The molecule has 116 valence electrons. The summed E-state index contributed by atoms with van der Waals surface area (Å²) in [5, 5.41) is 0. The predicted octanol–water partition coefficient (Wildman–Crippen LogP) is 3.26. The summed E-state index contributed by atoms with van der Waals surface area (Å²) in [6, 6.07) is 1.04. The van der Waals surface area contributed by atoms with Gasteiger partial charge < -0.3 is 13.8 Å². The van der Waals surface area contributed by atoms with Crippen molar-refractivity contribution in [3.63, 3.8) is 0 Å². The number of hydrogen-bond acceptors (Lipinski definition) is 3. The second-order valence-corrected chi connectivity index (χ2v) is 13.7. The number of rotatable bonds is 8. The number of hydrogen-bond donors (Lipinski definition) is 0. The van der Waals surface area contributed by atoms with E-state index in [1.807, 2.05) is 0 Å². The minimum Gasteiger partial charge on any atom is -0.395 e. The summed E-state index contributed by atoms with van der Waals surface area (Å²) in [5.74, 6) is 0. The maximum atomic E-state index is 6.35. The first-order valence-corrected chi connectivity index (χ1v) is 13.0. The Hall–Kier alpha value is 0.314. The second kappa shape index (κ2) is 7.93. The minimum absolute atomic E-state index is 0.208. The van der Waals surface area contributed by atoms with Gasteiger partial charge in [0.25, 0.3) is 0 Å². The average molecular weight is 306 g/mol. The first-order chi connectivity index (χ1) is 8.52. The van der Waals surface area contributed by atoms with Gasteiger partial charge in [0.1, 0.15) is 0 Å². The molecular formula is C14H35NO2Si2. The number of nitrogens with zero attached hydrogens (tertiary/aromatic N) is 1. The highest BCUT2D eigenvalue weighted by Crippen LogP contribution is 2.20. The summed E-state index contributed by atoms with van der Waals surface area (Å²) >= 11 is 0. The molecule has 0 fully saturated rings. The Balaban J connectivity index is 4.54. The van der Waals surface area contributed by atoms with Gasteiger partial charge in [0.05, 0.1) is 8.80 Å². The highest BCUT2D eigenvalue weighted by Gasteiger charge is 2.35. The molecule has 0 aromatic heterocycles. The second-order valence-electron chi connectivity index (χ2n) is 6.98. The Morgan fingerprint density at radius 2 is 1.79 bits per heavy atom. The lowest BCUT2D eigenvalue weighted by molar-refractivity contribution is 0.148. The maximum Gasteiger partial charge on any atom is 0.336 e. The van der Waals surface area contributed by atoms with Crippen molar-refractivity contribution in [3.05, 3.63) is 0 Å². The van der Waals surface area contributed by atoms with Crippen LogP contribution >= 0.6 is 0 Å². The fourth-order valence-electron chi connectivity index (χ4n) is 1.71. The Labute approximate surface area is 123 Å². The molecule has 0 N–H and O–H groups in total. The fraction of sp³-hybridized carbons (Fsp3) is 1.00. The van der Waals surface area contributed by atoms with Gasteiger partial charge in [0.2, 0.25) is 0 Å². The van der Waals surface area contributed by atoms with Crippen LogP contribution in [0.15, 0.2) is 0 Å². The first-order valence-electron chi connectivity index (χ1n) is 7.55. The third-order valence-electron chi connectivity index (χ3n) is 3.87.